The van der Waals surface area contributed by atoms with Crippen LogP contribution in [-0.4, -0.2) is 25.3 Å². The number of hydrogen-bond donors (Lipinski definition) is 2. The van der Waals surface area contributed by atoms with E-state index in [0.717, 1.165) is 24.8 Å². The molecule has 118 valence electrons. The quantitative estimate of drug-likeness (QED) is 0.841. The number of benzene rings is 1. The monoisotopic (exact) mass is 322 g/mol. The van der Waals surface area contributed by atoms with E-state index in [1.807, 2.05) is 12.1 Å². The molecule has 2 aliphatic rings. The highest BCUT2D eigenvalue weighted by atomic mass is 35.5. The van der Waals surface area contributed by atoms with Crippen molar-refractivity contribution in [2.45, 2.75) is 31.8 Å². The van der Waals surface area contributed by atoms with Crippen LogP contribution in [0.1, 0.15) is 24.8 Å². The SMILES string of the molecule is O=C(NCc1cc(Cl)c2c(c1)OCCO2)N[C@H]1C=CCCC1. The first kappa shape index (κ1) is 15.0. The Morgan fingerprint density at radius 2 is 2.18 bits per heavy atom. The van der Waals surface area contributed by atoms with Crippen LogP contribution in [0.25, 0.3) is 0 Å². The lowest BCUT2D eigenvalue weighted by Crippen LogP contribution is -2.41. The number of carbonyl (C=O) groups is 1. The molecule has 5 nitrogen and oxygen atoms in total. The van der Waals surface area contributed by atoms with E-state index in [1.165, 1.54) is 0 Å². The summed E-state index contributed by atoms with van der Waals surface area (Å²) in [6.45, 7) is 1.40. The second kappa shape index (κ2) is 6.92. The molecule has 2 amide bonds. The molecule has 22 heavy (non-hydrogen) atoms. The van der Waals surface area contributed by atoms with E-state index in [0.29, 0.717) is 36.3 Å². The van der Waals surface area contributed by atoms with Gasteiger partial charge in [-0.05, 0) is 37.0 Å². The summed E-state index contributed by atoms with van der Waals surface area (Å²) >= 11 is 6.18. The van der Waals surface area contributed by atoms with E-state index in [1.54, 1.807) is 6.07 Å². The van der Waals surface area contributed by atoms with Crippen molar-refractivity contribution in [2.24, 2.45) is 0 Å². The van der Waals surface area contributed by atoms with Crippen LogP contribution in [0.15, 0.2) is 24.3 Å². The van der Waals surface area contributed by atoms with Gasteiger partial charge in [0.1, 0.15) is 13.2 Å². The Hall–Kier alpha value is -1.88. The fourth-order valence-electron chi connectivity index (χ4n) is 2.60. The number of ether oxygens (including phenoxy) is 2. The molecule has 1 heterocycles. The van der Waals surface area contributed by atoms with Crippen LogP contribution < -0.4 is 20.1 Å². The summed E-state index contributed by atoms with van der Waals surface area (Å²) in [5.41, 5.74) is 0.878. The molecule has 1 atom stereocenters. The van der Waals surface area contributed by atoms with Crippen molar-refractivity contribution in [1.82, 2.24) is 10.6 Å². The van der Waals surface area contributed by atoms with Gasteiger partial charge in [-0.25, -0.2) is 4.79 Å². The zero-order valence-electron chi connectivity index (χ0n) is 12.2. The zero-order chi connectivity index (χ0) is 15.4. The third-order valence-electron chi connectivity index (χ3n) is 3.68. The number of nitrogens with one attached hydrogen (secondary N) is 2. The lowest BCUT2D eigenvalue weighted by atomic mass is 10.0. The first-order valence-corrected chi connectivity index (χ1v) is 7.89. The van der Waals surface area contributed by atoms with Gasteiger partial charge < -0.3 is 20.1 Å². The first-order chi connectivity index (χ1) is 10.7. The predicted octanol–water partition coefficient (Wildman–Crippen LogP) is 3.02. The smallest absolute Gasteiger partial charge is 0.315 e. The molecular formula is C16H19ClN2O3. The van der Waals surface area contributed by atoms with E-state index in [2.05, 4.69) is 16.7 Å². The molecule has 0 spiro atoms. The van der Waals surface area contributed by atoms with Crippen molar-refractivity contribution in [3.05, 3.63) is 34.9 Å². The Morgan fingerprint density at radius 1 is 1.32 bits per heavy atom. The van der Waals surface area contributed by atoms with Gasteiger partial charge in [0.05, 0.1) is 5.02 Å². The van der Waals surface area contributed by atoms with Gasteiger partial charge in [-0.15, -0.1) is 0 Å². The average Bonchev–Trinajstić information content (AvgIpc) is 2.54. The maximum atomic E-state index is 11.9. The standard InChI is InChI=1S/C16H19ClN2O3/c17-13-8-11(9-14-15(13)22-7-6-21-14)10-18-16(20)19-12-4-2-1-3-5-12/h2,4,8-9,12H,1,3,5-7,10H2,(H2,18,19,20)/t12-/m0/s1. The van der Waals surface area contributed by atoms with Gasteiger partial charge in [0.25, 0.3) is 0 Å². The van der Waals surface area contributed by atoms with Crippen LogP contribution in [0, 0.1) is 0 Å². The minimum absolute atomic E-state index is 0.123. The Balaban J connectivity index is 1.57. The van der Waals surface area contributed by atoms with Crippen LogP contribution in [0.4, 0.5) is 4.79 Å². The number of urea groups is 1. The van der Waals surface area contributed by atoms with Crippen LogP contribution in [0.5, 0.6) is 11.5 Å². The number of halogens is 1. The van der Waals surface area contributed by atoms with E-state index >= 15 is 0 Å². The average molecular weight is 323 g/mol. The number of carbonyl (C=O) groups excluding carboxylic acids is 1. The molecule has 0 saturated heterocycles. The molecule has 0 radical (unpaired) electrons. The van der Waals surface area contributed by atoms with E-state index < -0.39 is 0 Å². The van der Waals surface area contributed by atoms with Crippen molar-refractivity contribution in [3.8, 4) is 11.5 Å². The molecule has 0 fully saturated rings. The highest BCUT2D eigenvalue weighted by Crippen LogP contribution is 2.38. The summed E-state index contributed by atoms with van der Waals surface area (Å²) in [5.74, 6) is 1.21. The van der Waals surface area contributed by atoms with Gasteiger partial charge in [0.15, 0.2) is 11.5 Å². The maximum absolute atomic E-state index is 11.9. The van der Waals surface area contributed by atoms with Crippen LogP contribution >= 0.6 is 11.6 Å². The highest BCUT2D eigenvalue weighted by molar-refractivity contribution is 6.32. The van der Waals surface area contributed by atoms with Gasteiger partial charge in [-0.1, -0.05) is 23.8 Å². The van der Waals surface area contributed by atoms with Crippen molar-refractivity contribution < 1.29 is 14.3 Å². The van der Waals surface area contributed by atoms with Gasteiger partial charge in [-0.3, -0.25) is 0 Å². The Morgan fingerprint density at radius 3 is 3.00 bits per heavy atom. The van der Waals surface area contributed by atoms with E-state index in [4.69, 9.17) is 21.1 Å². The molecular weight excluding hydrogens is 304 g/mol. The molecule has 6 heteroatoms. The molecule has 3 rings (SSSR count). The van der Waals surface area contributed by atoms with Crippen molar-refractivity contribution >= 4 is 17.6 Å². The molecule has 1 aliphatic carbocycles. The number of amides is 2. The molecule has 0 saturated carbocycles. The highest BCUT2D eigenvalue weighted by Gasteiger charge is 2.17. The van der Waals surface area contributed by atoms with Gasteiger partial charge in [0.2, 0.25) is 0 Å². The molecule has 0 unspecified atom stereocenters. The van der Waals surface area contributed by atoms with Crippen LogP contribution in [-0.2, 0) is 6.54 Å². The Kier molecular flexibility index (Phi) is 4.73. The second-order valence-electron chi connectivity index (χ2n) is 5.39. The number of fused-ring (bicyclic) bond motifs is 1. The minimum Gasteiger partial charge on any atom is -0.486 e. The summed E-state index contributed by atoms with van der Waals surface area (Å²) in [6.07, 6.45) is 7.34. The van der Waals surface area contributed by atoms with Gasteiger partial charge in [-0.2, -0.15) is 0 Å². The summed E-state index contributed by atoms with van der Waals surface area (Å²) in [6, 6.07) is 3.58. The van der Waals surface area contributed by atoms with E-state index in [-0.39, 0.29) is 12.1 Å². The Bertz CT molecular complexity index is 589. The number of hydrogen-bond acceptors (Lipinski definition) is 3. The molecule has 1 aromatic rings. The zero-order valence-corrected chi connectivity index (χ0v) is 13.0. The first-order valence-electron chi connectivity index (χ1n) is 7.51. The summed E-state index contributed by atoms with van der Waals surface area (Å²) < 4.78 is 11.0. The third kappa shape index (κ3) is 3.65. The fraction of sp³-hybridized carbons (Fsp3) is 0.438. The number of allylic oxidation sites excluding steroid dienone is 1. The normalized spacial score (nSPS) is 19.6. The molecule has 1 aromatic carbocycles. The van der Waals surface area contributed by atoms with Gasteiger partial charge in [0, 0.05) is 12.6 Å². The maximum Gasteiger partial charge on any atom is 0.315 e. The molecule has 0 aromatic heterocycles. The third-order valence-corrected chi connectivity index (χ3v) is 3.96. The van der Waals surface area contributed by atoms with Crippen LogP contribution in [0.2, 0.25) is 5.02 Å². The topological polar surface area (TPSA) is 59.6 Å². The molecule has 1 aliphatic heterocycles. The van der Waals surface area contributed by atoms with Crippen molar-refractivity contribution in [3.63, 3.8) is 0 Å². The minimum atomic E-state index is -0.178. The molecule has 0 bridgehead atoms. The molecule has 2 N–H and O–H groups in total. The summed E-state index contributed by atoms with van der Waals surface area (Å²) in [5, 5.41) is 6.29. The Labute approximate surface area is 134 Å². The largest absolute Gasteiger partial charge is 0.486 e. The fourth-order valence-corrected chi connectivity index (χ4v) is 2.89. The number of rotatable bonds is 3. The van der Waals surface area contributed by atoms with Gasteiger partial charge >= 0.3 is 6.03 Å². The predicted molar refractivity (Wildman–Crippen MR) is 84.6 cm³/mol. The lowest BCUT2D eigenvalue weighted by molar-refractivity contribution is 0.171. The van der Waals surface area contributed by atoms with E-state index in [9.17, 15) is 4.79 Å². The summed E-state index contributed by atoms with van der Waals surface area (Å²) in [7, 11) is 0. The van der Waals surface area contributed by atoms with Crippen molar-refractivity contribution in [1.29, 1.82) is 0 Å². The summed E-state index contributed by atoms with van der Waals surface area (Å²) in [4.78, 5) is 11.9. The lowest BCUT2D eigenvalue weighted by Gasteiger charge is -2.21. The van der Waals surface area contributed by atoms with Crippen LogP contribution in [0.3, 0.4) is 0 Å². The van der Waals surface area contributed by atoms with Crippen molar-refractivity contribution in [2.75, 3.05) is 13.2 Å². The second-order valence-corrected chi connectivity index (χ2v) is 5.80.